The molecule has 0 saturated carbocycles. The highest BCUT2D eigenvalue weighted by atomic mass is 16.5. The minimum Gasteiger partial charge on any atom is -0.497 e. The second-order valence-corrected chi connectivity index (χ2v) is 3.23. The van der Waals surface area contributed by atoms with Crippen LogP contribution in [0, 0.1) is 0 Å². The average molecular weight is 195 g/mol. The molecule has 0 aromatic heterocycles. The Morgan fingerprint density at radius 1 is 1.36 bits per heavy atom. The molecular weight excluding hydrogens is 178 g/mol. The van der Waals surface area contributed by atoms with Gasteiger partial charge in [-0.1, -0.05) is 6.07 Å². The van der Waals surface area contributed by atoms with Crippen LogP contribution in [0.2, 0.25) is 0 Å². The molecule has 0 spiro atoms. The van der Waals surface area contributed by atoms with E-state index in [1.165, 1.54) is 0 Å². The van der Waals surface area contributed by atoms with Crippen molar-refractivity contribution >= 4 is 5.69 Å². The molecule has 1 N–H and O–H groups in total. The zero-order valence-corrected chi connectivity index (χ0v) is 8.91. The van der Waals surface area contributed by atoms with Crippen molar-refractivity contribution in [3.63, 3.8) is 0 Å². The summed E-state index contributed by atoms with van der Waals surface area (Å²) in [6.45, 7) is 2.76. The highest BCUT2D eigenvalue weighted by molar-refractivity contribution is 5.48. The molecule has 0 saturated heterocycles. The molecule has 1 atom stereocenters. The van der Waals surface area contributed by atoms with E-state index in [2.05, 4.69) is 12.2 Å². The zero-order valence-electron chi connectivity index (χ0n) is 8.91. The van der Waals surface area contributed by atoms with Crippen LogP contribution in [-0.4, -0.2) is 26.9 Å². The Morgan fingerprint density at radius 3 is 2.79 bits per heavy atom. The van der Waals surface area contributed by atoms with Gasteiger partial charge in [-0.05, 0) is 19.1 Å². The lowest BCUT2D eigenvalue weighted by molar-refractivity contribution is 0.190. The SMILES string of the molecule is COCC(C)Nc1cccc(OC)c1. The Kier molecular flexibility index (Phi) is 4.26. The lowest BCUT2D eigenvalue weighted by Gasteiger charge is -2.14. The average Bonchev–Trinajstić information content (AvgIpc) is 2.18. The maximum atomic E-state index is 5.13. The van der Waals surface area contributed by atoms with Crippen molar-refractivity contribution in [1.82, 2.24) is 0 Å². The Hall–Kier alpha value is -1.22. The summed E-state index contributed by atoms with van der Waals surface area (Å²) in [7, 11) is 3.36. The van der Waals surface area contributed by atoms with Crippen LogP contribution >= 0.6 is 0 Å². The summed E-state index contributed by atoms with van der Waals surface area (Å²) >= 11 is 0. The van der Waals surface area contributed by atoms with Crippen LogP contribution in [0.15, 0.2) is 24.3 Å². The van der Waals surface area contributed by atoms with Gasteiger partial charge in [-0.25, -0.2) is 0 Å². The molecule has 0 aliphatic heterocycles. The van der Waals surface area contributed by atoms with Crippen molar-refractivity contribution < 1.29 is 9.47 Å². The van der Waals surface area contributed by atoms with Gasteiger partial charge in [0.2, 0.25) is 0 Å². The molecule has 1 aromatic rings. The summed E-state index contributed by atoms with van der Waals surface area (Å²) in [5.74, 6) is 0.861. The fraction of sp³-hybridized carbons (Fsp3) is 0.455. The van der Waals surface area contributed by atoms with Crippen molar-refractivity contribution in [2.24, 2.45) is 0 Å². The molecule has 1 aromatic carbocycles. The van der Waals surface area contributed by atoms with E-state index in [9.17, 15) is 0 Å². The van der Waals surface area contributed by atoms with Crippen LogP contribution in [0.4, 0.5) is 5.69 Å². The number of nitrogens with one attached hydrogen (secondary N) is 1. The van der Waals surface area contributed by atoms with Gasteiger partial charge in [-0.15, -0.1) is 0 Å². The van der Waals surface area contributed by atoms with Gasteiger partial charge in [0.1, 0.15) is 5.75 Å². The number of ether oxygens (including phenoxy) is 2. The monoisotopic (exact) mass is 195 g/mol. The fourth-order valence-corrected chi connectivity index (χ4v) is 1.29. The number of hydrogen-bond acceptors (Lipinski definition) is 3. The summed E-state index contributed by atoms with van der Waals surface area (Å²) in [5, 5.41) is 3.31. The minimum atomic E-state index is 0.298. The molecular formula is C11H17NO2. The van der Waals surface area contributed by atoms with Gasteiger partial charge < -0.3 is 14.8 Å². The van der Waals surface area contributed by atoms with Gasteiger partial charge in [0.15, 0.2) is 0 Å². The molecule has 0 bridgehead atoms. The first-order valence-corrected chi connectivity index (χ1v) is 4.65. The molecule has 3 nitrogen and oxygen atoms in total. The number of rotatable bonds is 5. The predicted molar refractivity (Wildman–Crippen MR) is 58.0 cm³/mol. The predicted octanol–water partition coefficient (Wildman–Crippen LogP) is 2.14. The molecule has 0 radical (unpaired) electrons. The topological polar surface area (TPSA) is 30.5 Å². The van der Waals surface area contributed by atoms with Crippen LogP contribution in [0.3, 0.4) is 0 Å². The van der Waals surface area contributed by atoms with E-state index in [0.717, 1.165) is 11.4 Å². The van der Waals surface area contributed by atoms with E-state index < -0.39 is 0 Å². The lowest BCUT2D eigenvalue weighted by atomic mass is 10.2. The van der Waals surface area contributed by atoms with Crippen molar-refractivity contribution in [1.29, 1.82) is 0 Å². The third-order valence-electron chi connectivity index (χ3n) is 1.90. The molecule has 78 valence electrons. The van der Waals surface area contributed by atoms with Crippen LogP contribution in [0.5, 0.6) is 5.75 Å². The Labute approximate surface area is 85.0 Å². The van der Waals surface area contributed by atoms with E-state index in [1.807, 2.05) is 24.3 Å². The van der Waals surface area contributed by atoms with Gasteiger partial charge in [-0.3, -0.25) is 0 Å². The van der Waals surface area contributed by atoms with Gasteiger partial charge in [0, 0.05) is 24.9 Å². The van der Waals surface area contributed by atoms with E-state index in [1.54, 1.807) is 14.2 Å². The summed E-state index contributed by atoms with van der Waals surface area (Å²) in [4.78, 5) is 0. The van der Waals surface area contributed by atoms with Crippen molar-refractivity contribution in [3.05, 3.63) is 24.3 Å². The Balaban J connectivity index is 2.57. The Morgan fingerprint density at radius 2 is 2.14 bits per heavy atom. The summed E-state index contributed by atoms with van der Waals surface area (Å²) < 4.78 is 10.2. The van der Waals surface area contributed by atoms with Crippen molar-refractivity contribution in [3.8, 4) is 5.75 Å². The van der Waals surface area contributed by atoms with Gasteiger partial charge in [-0.2, -0.15) is 0 Å². The van der Waals surface area contributed by atoms with Crippen molar-refractivity contribution in [2.75, 3.05) is 26.1 Å². The summed E-state index contributed by atoms with van der Waals surface area (Å²) in [6.07, 6.45) is 0. The quantitative estimate of drug-likeness (QED) is 0.780. The highest BCUT2D eigenvalue weighted by Crippen LogP contribution is 2.17. The first kappa shape index (κ1) is 10.9. The molecule has 0 aliphatic rings. The van der Waals surface area contributed by atoms with E-state index in [4.69, 9.17) is 9.47 Å². The summed E-state index contributed by atoms with van der Waals surface area (Å²) in [6, 6.07) is 8.15. The smallest absolute Gasteiger partial charge is 0.120 e. The number of hydrogen-bond donors (Lipinski definition) is 1. The molecule has 1 rings (SSSR count). The maximum absolute atomic E-state index is 5.13. The standard InChI is InChI=1S/C11H17NO2/c1-9(8-13-2)12-10-5-4-6-11(7-10)14-3/h4-7,9,12H,8H2,1-3H3. The first-order valence-electron chi connectivity index (χ1n) is 4.65. The lowest BCUT2D eigenvalue weighted by Crippen LogP contribution is -2.20. The molecule has 3 heteroatoms. The molecule has 0 heterocycles. The number of methoxy groups -OCH3 is 2. The molecule has 0 aliphatic carbocycles. The third-order valence-corrected chi connectivity index (χ3v) is 1.90. The number of benzene rings is 1. The van der Waals surface area contributed by atoms with Gasteiger partial charge in [0.25, 0.3) is 0 Å². The van der Waals surface area contributed by atoms with E-state index >= 15 is 0 Å². The molecule has 0 fully saturated rings. The van der Waals surface area contributed by atoms with Crippen LogP contribution < -0.4 is 10.1 Å². The van der Waals surface area contributed by atoms with Crippen LogP contribution in [-0.2, 0) is 4.74 Å². The fourth-order valence-electron chi connectivity index (χ4n) is 1.29. The van der Waals surface area contributed by atoms with Crippen LogP contribution in [0.1, 0.15) is 6.92 Å². The van der Waals surface area contributed by atoms with Gasteiger partial charge in [0.05, 0.1) is 13.7 Å². The second-order valence-electron chi connectivity index (χ2n) is 3.23. The Bertz CT molecular complexity index is 276. The highest BCUT2D eigenvalue weighted by Gasteiger charge is 2.01. The summed E-state index contributed by atoms with van der Waals surface area (Å²) in [5.41, 5.74) is 1.05. The molecule has 0 amide bonds. The zero-order chi connectivity index (χ0) is 10.4. The maximum Gasteiger partial charge on any atom is 0.120 e. The second kappa shape index (κ2) is 5.50. The largest absolute Gasteiger partial charge is 0.497 e. The first-order chi connectivity index (χ1) is 6.76. The number of anilines is 1. The molecule has 14 heavy (non-hydrogen) atoms. The molecule has 1 unspecified atom stereocenters. The third kappa shape index (κ3) is 3.26. The van der Waals surface area contributed by atoms with Gasteiger partial charge >= 0.3 is 0 Å². The van der Waals surface area contributed by atoms with Crippen molar-refractivity contribution in [2.45, 2.75) is 13.0 Å². The minimum absolute atomic E-state index is 0.298. The normalized spacial score (nSPS) is 12.2. The van der Waals surface area contributed by atoms with Crippen LogP contribution in [0.25, 0.3) is 0 Å². The van der Waals surface area contributed by atoms with E-state index in [0.29, 0.717) is 12.6 Å². The van der Waals surface area contributed by atoms with E-state index in [-0.39, 0.29) is 0 Å².